The average Bonchev–Trinajstić information content (AvgIpc) is 2.46. The number of hydrogen-bond donors (Lipinski definition) is 2. The lowest BCUT2D eigenvalue weighted by Crippen LogP contribution is -2.48. The number of benzene rings is 1. The highest BCUT2D eigenvalue weighted by Gasteiger charge is 2.17. The second kappa shape index (κ2) is 9.99. The third-order valence-electron chi connectivity index (χ3n) is 3.16. The van der Waals surface area contributed by atoms with Crippen LogP contribution in [0.5, 0.6) is 5.75 Å². The Hall–Kier alpha value is -1.14. The maximum Gasteiger partial charge on any atom is 0.261 e. The van der Waals surface area contributed by atoms with Crippen molar-refractivity contribution in [3.63, 3.8) is 0 Å². The van der Waals surface area contributed by atoms with Crippen LogP contribution in [-0.2, 0) is 0 Å². The molecule has 0 aliphatic heterocycles. The van der Waals surface area contributed by atoms with Gasteiger partial charge in [-0.25, -0.2) is 0 Å². The second-order valence-corrected chi connectivity index (χ2v) is 8.03. The second-order valence-electron chi connectivity index (χ2n) is 6.71. The number of hydrogen-bond acceptors (Lipinski definition) is 3. The van der Waals surface area contributed by atoms with Gasteiger partial charge in [0.2, 0.25) is 0 Å². The van der Waals surface area contributed by atoms with Crippen LogP contribution in [0.1, 0.15) is 63.7 Å². The molecule has 24 heavy (non-hydrogen) atoms. The molecule has 0 aliphatic rings. The summed E-state index contributed by atoms with van der Waals surface area (Å²) in [5.41, 5.74) is 0.262. The van der Waals surface area contributed by atoms with Crippen LogP contribution in [0.2, 0.25) is 0 Å². The number of rotatable bonds is 7. The van der Waals surface area contributed by atoms with Crippen LogP contribution in [0.3, 0.4) is 0 Å². The molecule has 0 unspecified atom stereocenters. The van der Waals surface area contributed by atoms with Gasteiger partial charge < -0.3 is 10.1 Å². The molecule has 134 valence electrons. The Balaban J connectivity index is 2.72. The van der Waals surface area contributed by atoms with Gasteiger partial charge in [0.05, 0.1) is 12.2 Å². The third-order valence-corrected chi connectivity index (χ3v) is 3.85. The Morgan fingerprint density at radius 3 is 2.58 bits per heavy atom. The number of nitrogens with one attached hydrogen (secondary N) is 2. The molecule has 1 rings (SSSR count). The molecule has 6 heteroatoms. The van der Waals surface area contributed by atoms with E-state index in [0.717, 1.165) is 17.3 Å². The number of carbonyl (C=O) groups excluding carboxylic acids is 1. The zero-order valence-corrected chi connectivity index (χ0v) is 17.3. The SMILES string of the molecule is CCCCCCOc1ccc(Br)cc1C(=O)NC(=S)NC(C)(C)C. The molecule has 0 fully saturated rings. The van der Waals surface area contributed by atoms with Gasteiger partial charge in [0, 0.05) is 10.0 Å². The van der Waals surface area contributed by atoms with E-state index >= 15 is 0 Å². The first-order valence-electron chi connectivity index (χ1n) is 8.29. The van der Waals surface area contributed by atoms with Crippen LogP contribution >= 0.6 is 28.1 Å². The molecule has 0 heterocycles. The van der Waals surface area contributed by atoms with Crippen molar-refractivity contribution < 1.29 is 9.53 Å². The van der Waals surface area contributed by atoms with Crippen LogP contribution in [0.4, 0.5) is 0 Å². The lowest BCUT2D eigenvalue weighted by atomic mass is 10.1. The van der Waals surface area contributed by atoms with Crippen molar-refractivity contribution in [3.8, 4) is 5.75 Å². The van der Waals surface area contributed by atoms with Gasteiger partial charge in [-0.15, -0.1) is 0 Å². The van der Waals surface area contributed by atoms with Crippen molar-refractivity contribution in [2.45, 2.75) is 58.9 Å². The van der Waals surface area contributed by atoms with Gasteiger partial charge in [0.15, 0.2) is 5.11 Å². The minimum Gasteiger partial charge on any atom is -0.493 e. The molecule has 1 aromatic carbocycles. The van der Waals surface area contributed by atoms with Crippen LogP contribution in [-0.4, -0.2) is 23.2 Å². The van der Waals surface area contributed by atoms with E-state index in [1.807, 2.05) is 26.8 Å². The van der Waals surface area contributed by atoms with Crippen molar-refractivity contribution in [1.29, 1.82) is 0 Å². The third kappa shape index (κ3) is 8.11. The summed E-state index contributed by atoms with van der Waals surface area (Å²) >= 11 is 8.59. The number of thiocarbonyl (C=S) groups is 1. The first-order valence-corrected chi connectivity index (χ1v) is 9.49. The maximum absolute atomic E-state index is 12.5. The van der Waals surface area contributed by atoms with Crippen molar-refractivity contribution in [2.75, 3.05) is 6.61 Å². The topological polar surface area (TPSA) is 50.4 Å². The van der Waals surface area contributed by atoms with E-state index in [9.17, 15) is 4.79 Å². The maximum atomic E-state index is 12.5. The predicted octanol–water partition coefficient (Wildman–Crippen LogP) is 4.81. The van der Waals surface area contributed by atoms with E-state index in [4.69, 9.17) is 17.0 Å². The van der Waals surface area contributed by atoms with E-state index in [2.05, 4.69) is 33.5 Å². The van der Waals surface area contributed by atoms with Gasteiger partial charge in [-0.1, -0.05) is 42.1 Å². The quantitative estimate of drug-likeness (QED) is 0.496. The molecule has 0 spiro atoms. The van der Waals surface area contributed by atoms with Crippen LogP contribution in [0.15, 0.2) is 22.7 Å². The van der Waals surface area contributed by atoms with Crippen LogP contribution in [0, 0.1) is 0 Å². The Morgan fingerprint density at radius 2 is 1.96 bits per heavy atom. The number of unbranched alkanes of at least 4 members (excludes halogenated alkanes) is 3. The van der Waals surface area contributed by atoms with E-state index < -0.39 is 0 Å². The van der Waals surface area contributed by atoms with E-state index in [1.165, 1.54) is 12.8 Å². The monoisotopic (exact) mass is 414 g/mol. The molecule has 0 bridgehead atoms. The fourth-order valence-corrected chi connectivity index (χ4v) is 2.82. The zero-order chi connectivity index (χ0) is 18.2. The van der Waals surface area contributed by atoms with Crippen molar-refractivity contribution in [3.05, 3.63) is 28.2 Å². The number of amides is 1. The fraction of sp³-hybridized carbons (Fsp3) is 0.556. The van der Waals surface area contributed by atoms with Crippen molar-refractivity contribution >= 4 is 39.2 Å². The minimum absolute atomic E-state index is 0.208. The standard InChI is InChI=1S/C18H27BrN2O2S/c1-5-6-7-8-11-23-15-10-9-13(19)12-14(15)16(22)20-17(24)21-18(2,3)4/h9-10,12H,5-8,11H2,1-4H3,(H2,20,21,22,24). The van der Waals surface area contributed by atoms with Crippen molar-refractivity contribution in [1.82, 2.24) is 10.6 Å². The summed E-state index contributed by atoms with van der Waals surface area (Å²) in [6.45, 7) is 8.72. The molecule has 4 nitrogen and oxygen atoms in total. The predicted molar refractivity (Wildman–Crippen MR) is 107 cm³/mol. The van der Waals surface area contributed by atoms with Gasteiger partial charge in [-0.2, -0.15) is 0 Å². The molecular weight excluding hydrogens is 388 g/mol. The molecular formula is C18H27BrN2O2S. The molecule has 0 atom stereocenters. The summed E-state index contributed by atoms with van der Waals surface area (Å²) in [5, 5.41) is 6.09. The molecule has 1 aromatic rings. The van der Waals surface area contributed by atoms with Crippen molar-refractivity contribution in [2.24, 2.45) is 0 Å². The molecule has 0 radical (unpaired) electrons. The Morgan fingerprint density at radius 1 is 1.25 bits per heavy atom. The highest BCUT2D eigenvalue weighted by Crippen LogP contribution is 2.23. The Kier molecular flexibility index (Phi) is 8.70. The summed E-state index contributed by atoms with van der Waals surface area (Å²) in [5.74, 6) is 0.298. The minimum atomic E-state index is -0.276. The Labute approximate surface area is 158 Å². The van der Waals surface area contributed by atoms with Gasteiger partial charge in [0.25, 0.3) is 5.91 Å². The van der Waals surface area contributed by atoms with E-state index in [1.54, 1.807) is 12.1 Å². The first kappa shape index (κ1) is 20.9. The van der Waals surface area contributed by atoms with Gasteiger partial charge in [0.1, 0.15) is 5.75 Å². The highest BCUT2D eigenvalue weighted by molar-refractivity contribution is 9.10. The molecule has 2 N–H and O–H groups in total. The smallest absolute Gasteiger partial charge is 0.261 e. The van der Waals surface area contributed by atoms with Crippen LogP contribution < -0.4 is 15.4 Å². The first-order chi connectivity index (χ1) is 11.2. The van der Waals surface area contributed by atoms with Crippen LogP contribution in [0.25, 0.3) is 0 Å². The largest absolute Gasteiger partial charge is 0.493 e. The fourth-order valence-electron chi connectivity index (χ4n) is 2.06. The average molecular weight is 415 g/mol. The highest BCUT2D eigenvalue weighted by atomic mass is 79.9. The molecule has 0 saturated heterocycles. The summed E-state index contributed by atoms with van der Waals surface area (Å²) < 4.78 is 6.62. The molecule has 0 aromatic heterocycles. The Bertz CT molecular complexity index is 571. The number of ether oxygens (including phenoxy) is 1. The van der Waals surface area contributed by atoms with E-state index in [0.29, 0.717) is 23.0 Å². The van der Waals surface area contributed by atoms with Gasteiger partial charge in [-0.3, -0.25) is 10.1 Å². The molecule has 0 aliphatic carbocycles. The molecule has 0 saturated carbocycles. The summed E-state index contributed by atoms with van der Waals surface area (Å²) in [6, 6.07) is 5.42. The summed E-state index contributed by atoms with van der Waals surface area (Å²) in [4.78, 5) is 12.5. The van der Waals surface area contributed by atoms with E-state index in [-0.39, 0.29) is 11.4 Å². The number of halogens is 1. The lowest BCUT2D eigenvalue weighted by molar-refractivity contribution is 0.0972. The normalized spacial score (nSPS) is 11.0. The summed E-state index contributed by atoms with van der Waals surface area (Å²) in [6.07, 6.45) is 4.50. The van der Waals surface area contributed by atoms with Gasteiger partial charge in [-0.05, 0) is 57.6 Å². The van der Waals surface area contributed by atoms with Gasteiger partial charge >= 0.3 is 0 Å². The summed E-state index contributed by atoms with van der Waals surface area (Å²) in [7, 11) is 0. The number of carbonyl (C=O) groups is 1. The zero-order valence-electron chi connectivity index (χ0n) is 14.9. The lowest BCUT2D eigenvalue weighted by Gasteiger charge is -2.22. The molecule has 1 amide bonds.